The first kappa shape index (κ1) is 18.1. The zero-order valence-electron chi connectivity index (χ0n) is 15.0. The number of carbonyl (C=O) groups is 1. The van der Waals surface area contributed by atoms with Gasteiger partial charge in [-0.15, -0.1) is 11.3 Å². The van der Waals surface area contributed by atoms with Gasteiger partial charge < -0.3 is 10.6 Å². The molecule has 1 aliphatic rings. The van der Waals surface area contributed by atoms with Crippen LogP contribution < -0.4 is 10.6 Å². The van der Waals surface area contributed by atoms with E-state index in [1.54, 1.807) is 11.3 Å². The first-order chi connectivity index (χ1) is 12.1. The molecule has 2 N–H and O–H groups in total. The third-order valence-corrected chi connectivity index (χ3v) is 6.06. The number of carbonyl (C=O) groups excluding carboxylic acids is 1. The number of hydrogen-bond acceptors (Lipinski definition) is 4. The van der Waals surface area contributed by atoms with Gasteiger partial charge in [-0.2, -0.15) is 0 Å². The highest BCUT2D eigenvalue weighted by molar-refractivity contribution is 7.10. The molecule has 134 valence electrons. The molecule has 4 nitrogen and oxygen atoms in total. The molecule has 1 fully saturated rings. The average Bonchev–Trinajstić information content (AvgIpc) is 3.13. The Bertz CT molecular complexity index is 679. The summed E-state index contributed by atoms with van der Waals surface area (Å²) in [6, 6.07) is 10.1. The van der Waals surface area contributed by atoms with Gasteiger partial charge in [-0.1, -0.05) is 37.3 Å². The number of benzene rings is 1. The summed E-state index contributed by atoms with van der Waals surface area (Å²) in [4.78, 5) is 17.1. The summed E-state index contributed by atoms with van der Waals surface area (Å²) >= 11 is 1.61. The van der Waals surface area contributed by atoms with E-state index in [0.717, 1.165) is 29.4 Å². The molecule has 3 rings (SSSR count). The van der Waals surface area contributed by atoms with Gasteiger partial charge in [0.1, 0.15) is 5.01 Å². The maximum atomic E-state index is 12.4. The Hall–Kier alpha value is -1.72. The molecule has 2 aromatic rings. The number of amides is 1. The first-order valence-electron chi connectivity index (χ1n) is 9.14. The molecule has 5 heteroatoms. The number of hydrogen-bond donors (Lipinski definition) is 2. The molecule has 0 aliphatic carbocycles. The lowest BCUT2D eigenvalue weighted by molar-refractivity contribution is -0.123. The van der Waals surface area contributed by atoms with E-state index in [1.165, 1.54) is 12.8 Å². The minimum Gasteiger partial charge on any atom is -0.347 e. The van der Waals surface area contributed by atoms with Crippen molar-refractivity contribution < 1.29 is 4.79 Å². The van der Waals surface area contributed by atoms with Gasteiger partial charge in [0.2, 0.25) is 5.91 Å². The molecule has 1 amide bonds. The number of aromatic nitrogens is 1. The third kappa shape index (κ3) is 4.89. The molecule has 1 saturated heterocycles. The fraction of sp³-hybridized carbons (Fsp3) is 0.500. The molecule has 1 aliphatic heterocycles. The van der Waals surface area contributed by atoms with Gasteiger partial charge in [0.05, 0.1) is 11.7 Å². The highest BCUT2D eigenvalue weighted by Crippen LogP contribution is 2.27. The van der Waals surface area contributed by atoms with E-state index in [0.29, 0.717) is 18.3 Å². The molecule has 2 heterocycles. The van der Waals surface area contributed by atoms with Crippen LogP contribution in [0.2, 0.25) is 0 Å². The van der Waals surface area contributed by atoms with Crippen LogP contribution in [0.4, 0.5) is 0 Å². The molecule has 1 aromatic carbocycles. The molecule has 2 atom stereocenters. The lowest BCUT2D eigenvalue weighted by Crippen LogP contribution is -2.34. The topological polar surface area (TPSA) is 54.0 Å². The van der Waals surface area contributed by atoms with Crippen molar-refractivity contribution >= 4 is 17.2 Å². The predicted molar refractivity (Wildman–Crippen MR) is 103 cm³/mol. The van der Waals surface area contributed by atoms with Crippen LogP contribution in [0.3, 0.4) is 0 Å². The molecular formula is C20H27N3OS. The zero-order valence-corrected chi connectivity index (χ0v) is 15.8. The van der Waals surface area contributed by atoms with Gasteiger partial charge in [0.15, 0.2) is 0 Å². The lowest BCUT2D eigenvalue weighted by Gasteiger charge is -2.28. The molecule has 1 aromatic heterocycles. The van der Waals surface area contributed by atoms with Crippen molar-refractivity contribution in [2.45, 2.75) is 39.2 Å². The van der Waals surface area contributed by atoms with Crippen LogP contribution in [0.5, 0.6) is 0 Å². The van der Waals surface area contributed by atoms with Crippen molar-refractivity contribution in [3.05, 3.63) is 40.7 Å². The van der Waals surface area contributed by atoms with Crippen LogP contribution in [0.25, 0.3) is 11.3 Å². The Morgan fingerprint density at radius 1 is 1.28 bits per heavy atom. The Balaban J connectivity index is 1.54. The van der Waals surface area contributed by atoms with E-state index in [-0.39, 0.29) is 11.9 Å². The van der Waals surface area contributed by atoms with Crippen molar-refractivity contribution in [2.75, 3.05) is 13.1 Å². The zero-order chi connectivity index (χ0) is 17.6. The van der Waals surface area contributed by atoms with Crippen LogP contribution in [-0.2, 0) is 4.79 Å². The maximum Gasteiger partial charge on any atom is 0.220 e. The van der Waals surface area contributed by atoms with Crippen LogP contribution in [0.15, 0.2) is 35.7 Å². The van der Waals surface area contributed by atoms with Crippen molar-refractivity contribution in [3.8, 4) is 11.3 Å². The van der Waals surface area contributed by atoms with Crippen LogP contribution in [0, 0.1) is 11.8 Å². The molecule has 2 unspecified atom stereocenters. The first-order valence-corrected chi connectivity index (χ1v) is 10.0. The Labute approximate surface area is 154 Å². The number of nitrogens with one attached hydrogen (secondary N) is 2. The number of nitrogens with zero attached hydrogens (tertiary/aromatic N) is 1. The largest absolute Gasteiger partial charge is 0.347 e. The van der Waals surface area contributed by atoms with Crippen molar-refractivity contribution in [1.82, 2.24) is 15.6 Å². The molecule has 0 saturated carbocycles. The van der Waals surface area contributed by atoms with E-state index >= 15 is 0 Å². The van der Waals surface area contributed by atoms with Gasteiger partial charge in [0.25, 0.3) is 0 Å². The minimum atomic E-state index is -0.0461. The summed E-state index contributed by atoms with van der Waals surface area (Å²) in [5.74, 6) is 1.23. The summed E-state index contributed by atoms with van der Waals surface area (Å²) in [5.41, 5.74) is 2.09. The standard InChI is InChI=1S/C20H27N3OS/c1-14(16-8-10-21-11-9-16)12-19(24)22-15(2)20-23-18(13-25-20)17-6-4-3-5-7-17/h3-7,13-16,21H,8-12H2,1-2H3,(H,22,24). The number of thiazole rings is 1. The summed E-state index contributed by atoms with van der Waals surface area (Å²) in [6.07, 6.45) is 2.96. The quantitative estimate of drug-likeness (QED) is 0.821. The summed E-state index contributed by atoms with van der Waals surface area (Å²) in [5, 5.41) is 9.53. The second kappa shape index (κ2) is 8.59. The van der Waals surface area contributed by atoms with Gasteiger partial charge >= 0.3 is 0 Å². The Kier molecular flexibility index (Phi) is 6.21. The van der Waals surface area contributed by atoms with Crippen LogP contribution >= 0.6 is 11.3 Å². The monoisotopic (exact) mass is 357 g/mol. The van der Waals surface area contributed by atoms with Gasteiger partial charge in [0, 0.05) is 17.4 Å². The fourth-order valence-electron chi connectivity index (χ4n) is 3.46. The molecular weight excluding hydrogens is 330 g/mol. The predicted octanol–water partition coefficient (Wildman–Crippen LogP) is 4.01. The molecule has 25 heavy (non-hydrogen) atoms. The minimum absolute atomic E-state index is 0.0461. The van der Waals surface area contributed by atoms with E-state index in [4.69, 9.17) is 4.98 Å². The summed E-state index contributed by atoms with van der Waals surface area (Å²) < 4.78 is 0. The second-order valence-electron chi connectivity index (χ2n) is 7.00. The molecule has 0 spiro atoms. The Morgan fingerprint density at radius 2 is 2.00 bits per heavy atom. The van der Waals surface area contributed by atoms with E-state index in [1.807, 2.05) is 25.1 Å². The summed E-state index contributed by atoms with van der Waals surface area (Å²) in [7, 11) is 0. The maximum absolute atomic E-state index is 12.4. The van der Waals surface area contributed by atoms with Crippen molar-refractivity contribution in [2.24, 2.45) is 11.8 Å². The van der Waals surface area contributed by atoms with Crippen molar-refractivity contribution in [1.29, 1.82) is 0 Å². The number of rotatable bonds is 6. The van der Waals surface area contributed by atoms with Crippen molar-refractivity contribution in [3.63, 3.8) is 0 Å². The summed E-state index contributed by atoms with van der Waals surface area (Å²) in [6.45, 7) is 6.38. The smallest absolute Gasteiger partial charge is 0.220 e. The second-order valence-corrected chi connectivity index (χ2v) is 7.88. The lowest BCUT2D eigenvalue weighted by atomic mass is 9.84. The molecule has 0 bridgehead atoms. The van der Waals surface area contributed by atoms with E-state index in [2.05, 4.69) is 35.1 Å². The van der Waals surface area contributed by atoms with Crippen LogP contribution in [0.1, 0.15) is 44.2 Å². The number of piperidine rings is 1. The fourth-order valence-corrected chi connectivity index (χ4v) is 4.30. The third-order valence-electron chi connectivity index (χ3n) is 5.04. The van der Waals surface area contributed by atoms with E-state index in [9.17, 15) is 4.79 Å². The Morgan fingerprint density at radius 3 is 2.72 bits per heavy atom. The normalized spacial score (nSPS) is 17.8. The van der Waals surface area contributed by atoms with Gasteiger partial charge in [-0.25, -0.2) is 4.98 Å². The molecule has 0 radical (unpaired) electrons. The highest BCUT2D eigenvalue weighted by atomic mass is 32.1. The highest BCUT2D eigenvalue weighted by Gasteiger charge is 2.23. The van der Waals surface area contributed by atoms with Gasteiger partial charge in [-0.3, -0.25) is 4.79 Å². The van der Waals surface area contributed by atoms with Gasteiger partial charge in [-0.05, 0) is 44.7 Å². The van der Waals surface area contributed by atoms with E-state index < -0.39 is 0 Å². The SMILES string of the molecule is CC(NC(=O)CC(C)C1CCNCC1)c1nc(-c2ccccc2)cs1. The van der Waals surface area contributed by atoms with Crippen LogP contribution in [-0.4, -0.2) is 24.0 Å². The average molecular weight is 358 g/mol.